The molecule has 0 atom stereocenters. The maximum Gasteiger partial charge on any atom is 0.335 e. The van der Waals surface area contributed by atoms with Crippen molar-refractivity contribution in [1.29, 1.82) is 0 Å². The molecule has 90 valence electrons. The van der Waals surface area contributed by atoms with Gasteiger partial charge >= 0.3 is 5.97 Å². The molecule has 0 saturated carbocycles. The van der Waals surface area contributed by atoms with E-state index in [1.54, 1.807) is 0 Å². The average Bonchev–Trinajstić information content (AvgIpc) is 2.65. The third-order valence-corrected chi connectivity index (χ3v) is 2.43. The van der Waals surface area contributed by atoms with Gasteiger partial charge in [-0.15, -0.1) is 0 Å². The van der Waals surface area contributed by atoms with E-state index in [4.69, 9.17) is 14.3 Å². The number of carboxylic acids is 1. The number of carboxylic acid groups (broad SMARTS) is 1. The molecular formula is C13H14O4. The van der Waals surface area contributed by atoms with E-state index < -0.39 is 5.97 Å². The van der Waals surface area contributed by atoms with Crippen LogP contribution in [0, 0.1) is 6.92 Å². The molecule has 1 N–H and O–H groups in total. The number of aromatic carboxylic acids is 1. The van der Waals surface area contributed by atoms with E-state index in [1.807, 2.05) is 19.9 Å². The smallest absolute Gasteiger partial charge is 0.335 e. The van der Waals surface area contributed by atoms with Gasteiger partial charge in [0.05, 0.1) is 17.6 Å². The zero-order chi connectivity index (χ0) is 12.4. The Balaban J connectivity index is 2.56. The Morgan fingerprint density at radius 2 is 2.18 bits per heavy atom. The van der Waals surface area contributed by atoms with E-state index >= 15 is 0 Å². The molecule has 0 aliphatic rings. The topological polar surface area (TPSA) is 59.7 Å². The summed E-state index contributed by atoms with van der Waals surface area (Å²) in [6.07, 6.45) is 0.871. The molecular weight excluding hydrogens is 220 g/mol. The highest BCUT2D eigenvalue weighted by atomic mass is 16.5. The number of rotatable bonds is 4. The van der Waals surface area contributed by atoms with Crippen molar-refractivity contribution in [3.8, 4) is 5.75 Å². The lowest BCUT2D eigenvalue weighted by atomic mass is 10.1. The monoisotopic (exact) mass is 234 g/mol. The fraction of sp³-hybridized carbons (Fsp3) is 0.308. The second-order valence-corrected chi connectivity index (χ2v) is 3.90. The number of benzene rings is 1. The van der Waals surface area contributed by atoms with Crippen molar-refractivity contribution >= 4 is 16.9 Å². The summed E-state index contributed by atoms with van der Waals surface area (Å²) in [6, 6.07) is 4.91. The molecule has 0 unspecified atom stereocenters. The molecule has 2 aromatic rings. The normalized spacial score (nSPS) is 10.7. The number of fused-ring (bicyclic) bond motifs is 1. The molecule has 0 spiro atoms. The first-order valence-electron chi connectivity index (χ1n) is 5.52. The third-order valence-electron chi connectivity index (χ3n) is 2.43. The summed E-state index contributed by atoms with van der Waals surface area (Å²) in [5, 5.41) is 9.82. The van der Waals surface area contributed by atoms with Gasteiger partial charge in [-0.1, -0.05) is 6.92 Å². The van der Waals surface area contributed by atoms with E-state index in [2.05, 4.69) is 0 Å². The Hall–Kier alpha value is -1.97. The third kappa shape index (κ3) is 2.25. The first-order chi connectivity index (χ1) is 8.11. The van der Waals surface area contributed by atoms with Crippen LogP contribution in [-0.4, -0.2) is 17.7 Å². The summed E-state index contributed by atoms with van der Waals surface area (Å²) in [5.74, 6) is 0.324. The second kappa shape index (κ2) is 4.49. The van der Waals surface area contributed by atoms with E-state index in [0.717, 1.165) is 17.6 Å². The van der Waals surface area contributed by atoms with Gasteiger partial charge in [0, 0.05) is 0 Å². The predicted molar refractivity (Wildman–Crippen MR) is 63.7 cm³/mol. The number of furan rings is 1. The lowest BCUT2D eigenvalue weighted by Gasteiger charge is -2.06. The van der Waals surface area contributed by atoms with Gasteiger partial charge in [-0.3, -0.25) is 0 Å². The van der Waals surface area contributed by atoms with Crippen LogP contribution in [0.5, 0.6) is 5.75 Å². The van der Waals surface area contributed by atoms with Crippen LogP contribution in [0.3, 0.4) is 0 Å². The van der Waals surface area contributed by atoms with Crippen LogP contribution in [0.1, 0.15) is 29.5 Å². The lowest BCUT2D eigenvalue weighted by molar-refractivity contribution is 0.0696. The molecule has 0 bridgehead atoms. The van der Waals surface area contributed by atoms with Gasteiger partial charge in [-0.05, 0) is 31.5 Å². The molecule has 1 aromatic heterocycles. The second-order valence-electron chi connectivity index (χ2n) is 3.90. The van der Waals surface area contributed by atoms with Crippen LogP contribution >= 0.6 is 0 Å². The maximum atomic E-state index is 11.0. The Bertz CT molecular complexity index is 554. The minimum atomic E-state index is -0.984. The van der Waals surface area contributed by atoms with Crippen LogP contribution < -0.4 is 4.74 Å². The Morgan fingerprint density at radius 3 is 2.82 bits per heavy atom. The molecule has 0 amide bonds. The van der Waals surface area contributed by atoms with Crippen molar-refractivity contribution in [2.24, 2.45) is 0 Å². The number of hydrogen-bond acceptors (Lipinski definition) is 3. The lowest BCUT2D eigenvalue weighted by Crippen LogP contribution is -2.00. The molecule has 4 heteroatoms. The molecule has 0 fully saturated rings. The SMILES string of the molecule is CCCOc1cc(C(=O)O)cc2oc(C)cc12. The highest BCUT2D eigenvalue weighted by molar-refractivity contribution is 5.95. The van der Waals surface area contributed by atoms with Gasteiger partial charge in [0.1, 0.15) is 17.1 Å². The number of carbonyl (C=O) groups is 1. The first-order valence-corrected chi connectivity index (χ1v) is 5.52. The molecule has 0 radical (unpaired) electrons. The van der Waals surface area contributed by atoms with E-state index in [9.17, 15) is 4.79 Å². The predicted octanol–water partition coefficient (Wildman–Crippen LogP) is 3.23. The van der Waals surface area contributed by atoms with Gasteiger partial charge in [0.15, 0.2) is 0 Å². The molecule has 1 aromatic carbocycles. The van der Waals surface area contributed by atoms with Crippen molar-refractivity contribution in [2.45, 2.75) is 20.3 Å². The molecule has 4 nitrogen and oxygen atoms in total. The molecule has 2 rings (SSSR count). The minimum Gasteiger partial charge on any atom is -0.493 e. The molecule has 0 saturated heterocycles. The maximum absolute atomic E-state index is 11.0. The van der Waals surface area contributed by atoms with Crippen LogP contribution in [0.25, 0.3) is 11.0 Å². The zero-order valence-corrected chi connectivity index (χ0v) is 9.82. The van der Waals surface area contributed by atoms with E-state index in [0.29, 0.717) is 17.9 Å². The van der Waals surface area contributed by atoms with Crippen molar-refractivity contribution in [2.75, 3.05) is 6.61 Å². The fourth-order valence-corrected chi connectivity index (χ4v) is 1.69. The summed E-state index contributed by atoms with van der Waals surface area (Å²) in [5.41, 5.74) is 0.728. The van der Waals surface area contributed by atoms with Crippen molar-refractivity contribution in [1.82, 2.24) is 0 Å². The number of ether oxygens (including phenoxy) is 1. The Morgan fingerprint density at radius 1 is 1.41 bits per heavy atom. The van der Waals surface area contributed by atoms with Crippen LogP contribution in [-0.2, 0) is 0 Å². The van der Waals surface area contributed by atoms with Gasteiger partial charge in [-0.25, -0.2) is 4.79 Å². The van der Waals surface area contributed by atoms with E-state index in [1.165, 1.54) is 12.1 Å². The van der Waals surface area contributed by atoms with Crippen molar-refractivity contribution < 1.29 is 19.1 Å². The molecule has 17 heavy (non-hydrogen) atoms. The Labute approximate surface area is 98.8 Å². The van der Waals surface area contributed by atoms with Gasteiger partial charge in [0.2, 0.25) is 0 Å². The highest BCUT2D eigenvalue weighted by Crippen LogP contribution is 2.30. The molecule has 0 aliphatic carbocycles. The van der Waals surface area contributed by atoms with E-state index in [-0.39, 0.29) is 5.56 Å². The highest BCUT2D eigenvalue weighted by Gasteiger charge is 2.13. The molecule has 1 heterocycles. The van der Waals surface area contributed by atoms with Gasteiger partial charge in [-0.2, -0.15) is 0 Å². The summed E-state index contributed by atoms with van der Waals surface area (Å²) in [4.78, 5) is 11.0. The van der Waals surface area contributed by atoms with Gasteiger partial charge in [0.25, 0.3) is 0 Å². The van der Waals surface area contributed by atoms with Crippen LogP contribution in [0.15, 0.2) is 22.6 Å². The Kier molecular flexibility index (Phi) is 3.04. The quantitative estimate of drug-likeness (QED) is 0.882. The van der Waals surface area contributed by atoms with Gasteiger partial charge < -0.3 is 14.3 Å². The fourth-order valence-electron chi connectivity index (χ4n) is 1.69. The van der Waals surface area contributed by atoms with Crippen molar-refractivity contribution in [3.05, 3.63) is 29.5 Å². The number of aryl methyl sites for hydroxylation is 1. The first kappa shape index (κ1) is 11.5. The van der Waals surface area contributed by atoms with Crippen LogP contribution in [0.4, 0.5) is 0 Å². The average molecular weight is 234 g/mol. The molecule has 0 aliphatic heterocycles. The van der Waals surface area contributed by atoms with Crippen molar-refractivity contribution in [3.63, 3.8) is 0 Å². The minimum absolute atomic E-state index is 0.179. The summed E-state index contributed by atoms with van der Waals surface area (Å²) < 4.78 is 11.0. The summed E-state index contributed by atoms with van der Waals surface area (Å²) >= 11 is 0. The standard InChI is InChI=1S/C13H14O4/c1-3-4-16-11-6-9(13(14)15)7-12-10(11)5-8(2)17-12/h5-7H,3-4H2,1-2H3,(H,14,15). The summed E-state index contributed by atoms with van der Waals surface area (Å²) in [7, 11) is 0. The van der Waals surface area contributed by atoms with Crippen LogP contribution in [0.2, 0.25) is 0 Å². The summed E-state index contributed by atoms with van der Waals surface area (Å²) in [6.45, 7) is 4.38. The number of hydrogen-bond donors (Lipinski definition) is 1. The largest absolute Gasteiger partial charge is 0.493 e. The zero-order valence-electron chi connectivity index (χ0n) is 9.82.